The van der Waals surface area contributed by atoms with Gasteiger partial charge in [0, 0.05) is 36.8 Å². The van der Waals surface area contributed by atoms with Crippen molar-refractivity contribution in [3.8, 4) is 0 Å². The van der Waals surface area contributed by atoms with Gasteiger partial charge in [-0.25, -0.2) is 13.1 Å². The summed E-state index contributed by atoms with van der Waals surface area (Å²) in [5, 5.41) is 2.72. The SMILES string of the molecule is O=C(Nc1ccncc1)c1ccc(S(=O)(=O)NC[C@H]2CCCO2)cc1. The predicted octanol–water partition coefficient (Wildman–Crippen LogP) is 1.79. The fraction of sp³-hybridized carbons (Fsp3) is 0.294. The van der Waals surface area contributed by atoms with Crippen LogP contribution in [0.25, 0.3) is 0 Å². The molecule has 2 heterocycles. The summed E-state index contributed by atoms with van der Waals surface area (Å²) < 4.78 is 32.5. The van der Waals surface area contributed by atoms with Crippen molar-refractivity contribution < 1.29 is 17.9 Å². The van der Waals surface area contributed by atoms with E-state index in [1.165, 1.54) is 24.3 Å². The number of nitrogens with one attached hydrogen (secondary N) is 2. The van der Waals surface area contributed by atoms with E-state index in [-0.39, 0.29) is 23.5 Å². The Bertz CT molecular complexity index is 817. The minimum atomic E-state index is -3.62. The Labute approximate surface area is 146 Å². The van der Waals surface area contributed by atoms with Gasteiger partial charge in [-0.3, -0.25) is 9.78 Å². The summed E-state index contributed by atoms with van der Waals surface area (Å²) in [5.41, 5.74) is 0.991. The molecule has 0 spiro atoms. The number of carbonyl (C=O) groups is 1. The lowest BCUT2D eigenvalue weighted by Crippen LogP contribution is -2.31. The van der Waals surface area contributed by atoms with E-state index in [2.05, 4.69) is 15.0 Å². The van der Waals surface area contributed by atoms with Crippen LogP contribution in [0.1, 0.15) is 23.2 Å². The van der Waals surface area contributed by atoms with E-state index >= 15 is 0 Å². The summed E-state index contributed by atoms with van der Waals surface area (Å²) in [7, 11) is -3.62. The third kappa shape index (κ3) is 4.62. The maximum atomic E-state index is 12.3. The Morgan fingerprint density at radius 3 is 2.52 bits per heavy atom. The number of ether oxygens (including phenoxy) is 1. The molecule has 1 aromatic heterocycles. The molecule has 2 N–H and O–H groups in total. The summed E-state index contributed by atoms with van der Waals surface area (Å²) in [6.07, 6.45) is 4.89. The number of sulfonamides is 1. The molecule has 132 valence electrons. The average Bonchev–Trinajstić information content (AvgIpc) is 3.15. The molecule has 3 rings (SSSR count). The molecule has 2 aromatic rings. The van der Waals surface area contributed by atoms with Crippen LogP contribution >= 0.6 is 0 Å². The van der Waals surface area contributed by atoms with Gasteiger partial charge in [-0.15, -0.1) is 0 Å². The third-order valence-corrected chi connectivity index (χ3v) is 5.33. The van der Waals surface area contributed by atoms with Gasteiger partial charge in [-0.1, -0.05) is 0 Å². The lowest BCUT2D eigenvalue weighted by Gasteiger charge is -2.11. The van der Waals surface area contributed by atoms with Crippen LogP contribution < -0.4 is 10.0 Å². The second kappa shape index (κ2) is 7.73. The van der Waals surface area contributed by atoms with E-state index < -0.39 is 10.0 Å². The summed E-state index contributed by atoms with van der Waals surface area (Å²) in [6, 6.07) is 9.14. The van der Waals surface area contributed by atoms with Crippen molar-refractivity contribution in [1.82, 2.24) is 9.71 Å². The fourth-order valence-corrected chi connectivity index (χ4v) is 3.58. The maximum absolute atomic E-state index is 12.3. The van der Waals surface area contributed by atoms with Crippen molar-refractivity contribution in [2.24, 2.45) is 0 Å². The molecule has 1 aliphatic rings. The molecule has 7 nitrogen and oxygen atoms in total. The van der Waals surface area contributed by atoms with E-state index in [4.69, 9.17) is 4.74 Å². The number of pyridine rings is 1. The number of hydrogen-bond donors (Lipinski definition) is 2. The van der Waals surface area contributed by atoms with Gasteiger partial charge in [0.25, 0.3) is 5.91 Å². The first-order chi connectivity index (χ1) is 12.0. The second-order valence-electron chi connectivity index (χ2n) is 5.70. The average molecular weight is 361 g/mol. The number of aromatic nitrogens is 1. The van der Waals surface area contributed by atoms with Crippen molar-refractivity contribution in [1.29, 1.82) is 0 Å². The van der Waals surface area contributed by atoms with Crippen LogP contribution in [0.2, 0.25) is 0 Å². The molecule has 0 saturated carbocycles. The highest BCUT2D eigenvalue weighted by Crippen LogP contribution is 2.15. The summed E-state index contributed by atoms with van der Waals surface area (Å²) in [5.74, 6) is -0.317. The molecule has 1 saturated heterocycles. The first kappa shape index (κ1) is 17.5. The van der Waals surface area contributed by atoms with E-state index in [1.54, 1.807) is 24.5 Å². The molecule has 0 radical (unpaired) electrons. The van der Waals surface area contributed by atoms with Gasteiger partial charge in [-0.2, -0.15) is 0 Å². The van der Waals surface area contributed by atoms with Crippen LogP contribution in [0, 0.1) is 0 Å². The van der Waals surface area contributed by atoms with Crippen LogP contribution in [-0.4, -0.2) is 38.6 Å². The predicted molar refractivity (Wildman–Crippen MR) is 92.8 cm³/mol. The lowest BCUT2D eigenvalue weighted by molar-refractivity contribution is 0.102. The molecule has 1 atom stereocenters. The number of nitrogens with zero attached hydrogens (tertiary/aromatic N) is 1. The van der Waals surface area contributed by atoms with Crippen LogP contribution in [0.3, 0.4) is 0 Å². The Morgan fingerprint density at radius 1 is 1.16 bits per heavy atom. The first-order valence-electron chi connectivity index (χ1n) is 7.97. The number of benzene rings is 1. The summed E-state index contributed by atoms with van der Waals surface area (Å²) >= 11 is 0. The number of carbonyl (C=O) groups excluding carboxylic acids is 1. The van der Waals surface area contributed by atoms with Gasteiger partial charge >= 0.3 is 0 Å². The van der Waals surface area contributed by atoms with Crippen LogP contribution in [-0.2, 0) is 14.8 Å². The largest absolute Gasteiger partial charge is 0.377 e. The minimum absolute atomic E-state index is 0.0693. The Kier molecular flexibility index (Phi) is 5.42. The van der Waals surface area contributed by atoms with Crippen molar-refractivity contribution >= 4 is 21.6 Å². The second-order valence-corrected chi connectivity index (χ2v) is 7.47. The van der Waals surface area contributed by atoms with Crippen LogP contribution in [0.4, 0.5) is 5.69 Å². The molecular weight excluding hydrogens is 342 g/mol. The number of rotatable bonds is 6. The maximum Gasteiger partial charge on any atom is 0.255 e. The zero-order valence-electron chi connectivity index (χ0n) is 13.5. The lowest BCUT2D eigenvalue weighted by atomic mass is 10.2. The monoisotopic (exact) mass is 361 g/mol. The molecule has 1 fully saturated rings. The van der Waals surface area contributed by atoms with Gasteiger partial charge in [0.1, 0.15) is 0 Å². The third-order valence-electron chi connectivity index (χ3n) is 3.89. The minimum Gasteiger partial charge on any atom is -0.377 e. The molecule has 1 amide bonds. The zero-order valence-corrected chi connectivity index (χ0v) is 14.3. The van der Waals surface area contributed by atoms with Gasteiger partial charge in [0.15, 0.2) is 0 Å². The zero-order chi connectivity index (χ0) is 17.7. The number of amides is 1. The first-order valence-corrected chi connectivity index (χ1v) is 9.46. The fourth-order valence-electron chi connectivity index (χ4n) is 2.52. The smallest absolute Gasteiger partial charge is 0.255 e. The molecule has 1 aromatic carbocycles. The molecule has 25 heavy (non-hydrogen) atoms. The Morgan fingerprint density at radius 2 is 1.88 bits per heavy atom. The molecular formula is C17H19N3O4S. The van der Waals surface area contributed by atoms with E-state index in [9.17, 15) is 13.2 Å². The van der Waals surface area contributed by atoms with Crippen molar-refractivity contribution in [2.75, 3.05) is 18.5 Å². The van der Waals surface area contributed by atoms with Crippen molar-refractivity contribution in [3.63, 3.8) is 0 Å². The normalized spacial score (nSPS) is 17.4. The highest BCUT2D eigenvalue weighted by molar-refractivity contribution is 7.89. The standard InChI is InChI=1S/C17H19N3O4S/c21-17(20-14-7-9-18-10-8-14)13-3-5-16(6-4-13)25(22,23)19-12-15-2-1-11-24-15/h3-10,15,19H,1-2,11-12H2,(H,18,20,21)/t15-/m1/s1. The van der Waals surface area contributed by atoms with Crippen LogP contribution in [0.5, 0.6) is 0 Å². The van der Waals surface area contributed by atoms with Crippen molar-refractivity contribution in [2.45, 2.75) is 23.8 Å². The van der Waals surface area contributed by atoms with Gasteiger partial charge < -0.3 is 10.1 Å². The summed E-state index contributed by atoms with van der Waals surface area (Å²) in [4.78, 5) is 16.2. The van der Waals surface area contributed by atoms with E-state index in [0.717, 1.165) is 12.8 Å². The van der Waals surface area contributed by atoms with E-state index in [1.807, 2.05) is 0 Å². The Hall–Kier alpha value is -2.29. The molecule has 0 aliphatic carbocycles. The van der Waals surface area contributed by atoms with Gasteiger partial charge in [0.05, 0.1) is 11.0 Å². The Balaban J connectivity index is 1.63. The summed E-state index contributed by atoms with van der Waals surface area (Å²) in [6.45, 7) is 0.931. The van der Waals surface area contributed by atoms with E-state index in [0.29, 0.717) is 17.9 Å². The highest BCUT2D eigenvalue weighted by atomic mass is 32.2. The number of hydrogen-bond acceptors (Lipinski definition) is 5. The van der Waals surface area contributed by atoms with Gasteiger partial charge in [0.2, 0.25) is 10.0 Å². The van der Waals surface area contributed by atoms with Gasteiger partial charge in [-0.05, 0) is 49.2 Å². The quantitative estimate of drug-likeness (QED) is 0.817. The molecule has 8 heteroatoms. The molecule has 1 aliphatic heterocycles. The topological polar surface area (TPSA) is 97.4 Å². The van der Waals surface area contributed by atoms with Crippen molar-refractivity contribution in [3.05, 3.63) is 54.4 Å². The highest BCUT2D eigenvalue weighted by Gasteiger charge is 2.20. The number of anilines is 1. The molecule has 0 bridgehead atoms. The molecule has 0 unspecified atom stereocenters. The van der Waals surface area contributed by atoms with Crippen LogP contribution in [0.15, 0.2) is 53.7 Å².